The highest BCUT2D eigenvalue weighted by Crippen LogP contribution is 2.36. The molecule has 17 heavy (non-hydrogen) atoms. The standard InChI is InChI=1S/C14H23NOS/c1-2-16-14(8-3-4-9-14)13(15)6-5-12-7-10-17-11-12/h7,10-11,13H,2-6,8-9,15H2,1H3. The Morgan fingerprint density at radius 1 is 1.47 bits per heavy atom. The minimum absolute atomic E-state index is 0.0230. The number of thiophene rings is 1. The smallest absolute Gasteiger partial charge is 0.0832 e. The minimum Gasteiger partial charge on any atom is -0.374 e. The third-order valence-electron chi connectivity index (χ3n) is 3.88. The minimum atomic E-state index is -0.0230. The molecule has 1 aliphatic carbocycles. The van der Waals surface area contributed by atoms with Gasteiger partial charge in [0.15, 0.2) is 0 Å². The van der Waals surface area contributed by atoms with Gasteiger partial charge in [-0.05, 0) is 55.0 Å². The first-order valence-electron chi connectivity index (χ1n) is 6.67. The predicted molar refractivity (Wildman–Crippen MR) is 73.4 cm³/mol. The first-order chi connectivity index (χ1) is 8.27. The fourth-order valence-corrected chi connectivity index (χ4v) is 3.61. The maximum absolute atomic E-state index is 6.40. The van der Waals surface area contributed by atoms with Crippen molar-refractivity contribution in [3.05, 3.63) is 22.4 Å². The molecule has 0 saturated heterocycles. The molecule has 1 atom stereocenters. The second-order valence-corrected chi connectivity index (χ2v) is 5.76. The van der Waals surface area contributed by atoms with Crippen LogP contribution in [0.5, 0.6) is 0 Å². The molecule has 0 aliphatic heterocycles. The van der Waals surface area contributed by atoms with Crippen LogP contribution in [0.4, 0.5) is 0 Å². The Morgan fingerprint density at radius 2 is 2.24 bits per heavy atom. The van der Waals surface area contributed by atoms with Crippen molar-refractivity contribution in [1.82, 2.24) is 0 Å². The van der Waals surface area contributed by atoms with E-state index < -0.39 is 0 Å². The van der Waals surface area contributed by atoms with Gasteiger partial charge in [-0.15, -0.1) is 0 Å². The zero-order chi connectivity index (χ0) is 12.1. The van der Waals surface area contributed by atoms with Crippen LogP contribution in [0.1, 0.15) is 44.6 Å². The molecule has 1 fully saturated rings. The Bertz CT molecular complexity index is 317. The average Bonchev–Trinajstić information content (AvgIpc) is 2.97. The molecule has 2 N–H and O–H groups in total. The molecule has 0 spiro atoms. The number of hydrogen-bond acceptors (Lipinski definition) is 3. The largest absolute Gasteiger partial charge is 0.374 e. The zero-order valence-electron chi connectivity index (χ0n) is 10.7. The fourth-order valence-electron chi connectivity index (χ4n) is 2.90. The van der Waals surface area contributed by atoms with Crippen LogP contribution in [-0.4, -0.2) is 18.2 Å². The lowest BCUT2D eigenvalue weighted by atomic mass is 9.88. The molecule has 2 rings (SSSR count). The van der Waals surface area contributed by atoms with Gasteiger partial charge in [0.05, 0.1) is 5.60 Å². The summed E-state index contributed by atoms with van der Waals surface area (Å²) in [4.78, 5) is 0. The van der Waals surface area contributed by atoms with Gasteiger partial charge in [0, 0.05) is 12.6 Å². The van der Waals surface area contributed by atoms with Gasteiger partial charge in [-0.1, -0.05) is 12.8 Å². The summed E-state index contributed by atoms with van der Waals surface area (Å²) in [5.74, 6) is 0. The highest BCUT2D eigenvalue weighted by Gasteiger charge is 2.39. The van der Waals surface area contributed by atoms with E-state index in [4.69, 9.17) is 10.5 Å². The lowest BCUT2D eigenvalue weighted by molar-refractivity contribution is -0.0541. The number of ether oxygens (including phenoxy) is 1. The molecule has 0 bridgehead atoms. The molecule has 96 valence electrons. The van der Waals surface area contributed by atoms with E-state index in [0.717, 1.165) is 32.3 Å². The summed E-state index contributed by atoms with van der Waals surface area (Å²) in [5, 5.41) is 4.35. The maximum atomic E-state index is 6.40. The normalized spacial score (nSPS) is 20.6. The molecule has 2 nitrogen and oxygen atoms in total. The molecule has 1 heterocycles. The van der Waals surface area contributed by atoms with E-state index in [-0.39, 0.29) is 11.6 Å². The van der Waals surface area contributed by atoms with Gasteiger partial charge in [-0.25, -0.2) is 0 Å². The summed E-state index contributed by atoms with van der Waals surface area (Å²) in [6.07, 6.45) is 6.95. The van der Waals surface area contributed by atoms with Crippen molar-refractivity contribution in [3.63, 3.8) is 0 Å². The van der Waals surface area contributed by atoms with Crippen LogP contribution in [-0.2, 0) is 11.2 Å². The lowest BCUT2D eigenvalue weighted by Crippen LogP contribution is -2.48. The highest BCUT2D eigenvalue weighted by atomic mass is 32.1. The van der Waals surface area contributed by atoms with Crippen molar-refractivity contribution in [3.8, 4) is 0 Å². The number of nitrogens with two attached hydrogens (primary N) is 1. The summed E-state index contributed by atoms with van der Waals surface area (Å²) >= 11 is 1.76. The van der Waals surface area contributed by atoms with Crippen LogP contribution in [0.25, 0.3) is 0 Å². The van der Waals surface area contributed by atoms with Gasteiger partial charge in [-0.3, -0.25) is 0 Å². The summed E-state index contributed by atoms with van der Waals surface area (Å²) in [7, 11) is 0. The third-order valence-corrected chi connectivity index (χ3v) is 4.61. The SMILES string of the molecule is CCOC1(C(N)CCc2ccsc2)CCCC1. The Labute approximate surface area is 108 Å². The zero-order valence-corrected chi connectivity index (χ0v) is 11.5. The summed E-state index contributed by atoms with van der Waals surface area (Å²) in [5.41, 5.74) is 7.78. The number of aryl methyl sites for hydroxylation is 1. The highest BCUT2D eigenvalue weighted by molar-refractivity contribution is 7.07. The summed E-state index contributed by atoms with van der Waals surface area (Å²) < 4.78 is 6.00. The van der Waals surface area contributed by atoms with E-state index in [1.165, 1.54) is 18.4 Å². The van der Waals surface area contributed by atoms with Crippen molar-refractivity contribution >= 4 is 11.3 Å². The van der Waals surface area contributed by atoms with Gasteiger partial charge in [-0.2, -0.15) is 11.3 Å². The third kappa shape index (κ3) is 3.09. The van der Waals surface area contributed by atoms with Crippen molar-refractivity contribution in [2.45, 2.75) is 57.1 Å². The van der Waals surface area contributed by atoms with Crippen molar-refractivity contribution in [1.29, 1.82) is 0 Å². The molecular weight excluding hydrogens is 230 g/mol. The first kappa shape index (κ1) is 13.1. The predicted octanol–water partition coefficient (Wildman–Crippen LogP) is 3.36. The topological polar surface area (TPSA) is 35.2 Å². The van der Waals surface area contributed by atoms with E-state index in [1.807, 2.05) is 0 Å². The molecular formula is C14H23NOS. The quantitative estimate of drug-likeness (QED) is 0.843. The van der Waals surface area contributed by atoms with Crippen LogP contribution in [0.2, 0.25) is 0 Å². The second-order valence-electron chi connectivity index (χ2n) is 4.98. The Morgan fingerprint density at radius 3 is 2.82 bits per heavy atom. The summed E-state index contributed by atoms with van der Waals surface area (Å²) in [6, 6.07) is 2.38. The van der Waals surface area contributed by atoms with E-state index >= 15 is 0 Å². The molecule has 0 radical (unpaired) electrons. The van der Waals surface area contributed by atoms with Gasteiger partial charge in [0.2, 0.25) is 0 Å². The fraction of sp³-hybridized carbons (Fsp3) is 0.714. The van der Waals surface area contributed by atoms with E-state index in [9.17, 15) is 0 Å². The van der Waals surface area contributed by atoms with Crippen LogP contribution < -0.4 is 5.73 Å². The van der Waals surface area contributed by atoms with Gasteiger partial charge in [0.25, 0.3) is 0 Å². The van der Waals surface area contributed by atoms with Crippen molar-refractivity contribution < 1.29 is 4.74 Å². The molecule has 0 amide bonds. The maximum Gasteiger partial charge on any atom is 0.0832 e. The molecule has 1 aromatic rings. The average molecular weight is 253 g/mol. The molecule has 0 aromatic carbocycles. The van der Waals surface area contributed by atoms with Gasteiger partial charge >= 0.3 is 0 Å². The van der Waals surface area contributed by atoms with Crippen LogP contribution >= 0.6 is 11.3 Å². The van der Waals surface area contributed by atoms with Crippen molar-refractivity contribution in [2.24, 2.45) is 5.73 Å². The van der Waals surface area contributed by atoms with E-state index in [0.29, 0.717) is 0 Å². The second kappa shape index (κ2) is 5.98. The Hall–Kier alpha value is -0.380. The lowest BCUT2D eigenvalue weighted by Gasteiger charge is -2.35. The molecule has 1 aromatic heterocycles. The Balaban J connectivity index is 1.90. The number of rotatable bonds is 6. The van der Waals surface area contributed by atoms with Crippen LogP contribution in [0.3, 0.4) is 0 Å². The van der Waals surface area contributed by atoms with Gasteiger partial charge < -0.3 is 10.5 Å². The Kier molecular flexibility index (Phi) is 4.60. The van der Waals surface area contributed by atoms with Crippen LogP contribution in [0, 0.1) is 0 Å². The van der Waals surface area contributed by atoms with E-state index in [2.05, 4.69) is 23.8 Å². The van der Waals surface area contributed by atoms with Gasteiger partial charge in [0.1, 0.15) is 0 Å². The molecule has 1 unspecified atom stereocenters. The molecule has 3 heteroatoms. The molecule has 1 saturated carbocycles. The summed E-state index contributed by atoms with van der Waals surface area (Å²) in [6.45, 7) is 2.86. The van der Waals surface area contributed by atoms with Crippen LogP contribution in [0.15, 0.2) is 16.8 Å². The van der Waals surface area contributed by atoms with Crippen molar-refractivity contribution in [2.75, 3.05) is 6.61 Å². The molecule has 1 aliphatic rings. The number of hydrogen-bond donors (Lipinski definition) is 1. The first-order valence-corrected chi connectivity index (χ1v) is 7.62. The monoisotopic (exact) mass is 253 g/mol. The van der Waals surface area contributed by atoms with E-state index in [1.54, 1.807) is 11.3 Å².